The molecular weight excluding hydrogens is 180 g/mol. The first-order valence-electron chi connectivity index (χ1n) is 5.36. The zero-order valence-corrected chi connectivity index (χ0v) is 10.7. The molecule has 0 unspecified atom stereocenters. The Bertz CT molecular complexity index is 99.1. The Morgan fingerprint density at radius 3 is 1.77 bits per heavy atom. The fourth-order valence-electron chi connectivity index (χ4n) is 1.42. The molecule has 0 radical (unpaired) electrons. The molecule has 0 heterocycles. The predicted octanol–water partition coefficient (Wildman–Crippen LogP) is 2.02. The summed E-state index contributed by atoms with van der Waals surface area (Å²) in [6, 6.07) is 1.33. The summed E-state index contributed by atoms with van der Waals surface area (Å²) < 4.78 is 11.0. The third kappa shape index (κ3) is 8.47. The van der Waals surface area contributed by atoms with Gasteiger partial charge in [-0.1, -0.05) is 19.9 Å². The summed E-state index contributed by atoms with van der Waals surface area (Å²) in [5.41, 5.74) is 0. The van der Waals surface area contributed by atoms with Gasteiger partial charge in [0.2, 0.25) is 0 Å². The van der Waals surface area contributed by atoms with Crippen LogP contribution < -0.4 is 0 Å². The second-order valence-electron chi connectivity index (χ2n) is 3.81. The first-order chi connectivity index (χ1) is 6.20. The van der Waals surface area contributed by atoms with Crippen molar-refractivity contribution in [2.24, 2.45) is 5.92 Å². The summed E-state index contributed by atoms with van der Waals surface area (Å²) in [5, 5.41) is 0. The fraction of sp³-hybridized carbons (Fsp3) is 1.00. The van der Waals surface area contributed by atoms with Crippen LogP contribution in [0.25, 0.3) is 0 Å². The first kappa shape index (κ1) is 13.1. The SMILES string of the molecule is CCOC[SiH](COCC)CC(C)C. The molecule has 0 fully saturated rings. The van der Waals surface area contributed by atoms with Gasteiger partial charge in [0, 0.05) is 25.7 Å². The lowest BCUT2D eigenvalue weighted by molar-refractivity contribution is 0.166. The van der Waals surface area contributed by atoms with E-state index in [-0.39, 0.29) is 0 Å². The predicted molar refractivity (Wildman–Crippen MR) is 59.8 cm³/mol. The van der Waals surface area contributed by atoms with Gasteiger partial charge in [-0.2, -0.15) is 0 Å². The van der Waals surface area contributed by atoms with Crippen molar-refractivity contribution in [3.8, 4) is 0 Å². The number of hydrogen-bond donors (Lipinski definition) is 0. The van der Waals surface area contributed by atoms with Crippen molar-refractivity contribution in [1.82, 2.24) is 0 Å². The highest BCUT2D eigenvalue weighted by atomic mass is 28.3. The summed E-state index contributed by atoms with van der Waals surface area (Å²) >= 11 is 0. The largest absolute Gasteiger partial charge is 0.385 e. The maximum Gasteiger partial charge on any atom is 0.0978 e. The van der Waals surface area contributed by atoms with E-state index in [1.807, 2.05) is 0 Å². The summed E-state index contributed by atoms with van der Waals surface area (Å²) in [6.07, 6.45) is 1.96. The second kappa shape index (κ2) is 8.72. The summed E-state index contributed by atoms with van der Waals surface area (Å²) in [5.74, 6) is 0.789. The molecule has 0 atom stereocenters. The Morgan fingerprint density at radius 1 is 1.00 bits per heavy atom. The third-order valence-corrected chi connectivity index (χ3v) is 4.94. The maximum absolute atomic E-state index is 5.48. The van der Waals surface area contributed by atoms with Crippen LogP contribution in [0.1, 0.15) is 27.7 Å². The Kier molecular flexibility index (Phi) is 8.81. The van der Waals surface area contributed by atoms with Crippen LogP contribution in [-0.2, 0) is 9.47 Å². The van der Waals surface area contributed by atoms with Gasteiger partial charge in [0.25, 0.3) is 0 Å². The van der Waals surface area contributed by atoms with Crippen LogP contribution in [0.3, 0.4) is 0 Å². The monoisotopic (exact) mass is 204 g/mol. The van der Waals surface area contributed by atoms with Crippen molar-refractivity contribution < 1.29 is 9.47 Å². The zero-order valence-electron chi connectivity index (χ0n) is 9.51. The van der Waals surface area contributed by atoms with Gasteiger partial charge in [0.1, 0.15) is 0 Å². The molecule has 0 saturated heterocycles. The minimum Gasteiger partial charge on any atom is -0.385 e. The molecule has 3 heteroatoms. The van der Waals surface area contributed by atoms with Crippen molar-refractivity contribution >= 4 is 8.80 Å². The van der Waals surface area contributed by atoms with Gasteiger partial charge < -0.3 is 9.47 Å². The summed E-state index contributed by atoms with van der Waals surface area (Å²) in [6.45, 7) is 10.3. The van der Waals surface area contributed by atoms with Crippen LogP contribution in [-0.4, -0.2) is 34.5 Å². The topological polar surface area (TPSA) is 18.5 Å². The number of hydrogen-bond acceptors (Lipinski definition) is 2. The van der Waals surface area contributed by atoms with E-state index in [9.17, 15) is 0 Å². The third-order valence-electron chi connectivity index (χ3n) is 1.92. The molecular formula is C10H24O2Si. The Balaban J connectivity index is 3.60. The molecule has 0 aliphatic carbocycles. The molecule has 80 valence electrons. The van der Waals surface area contributed by atoms with E-state index in [0.29, 0.717) is 0 Å². The molecule has 0 rings (SSSR count). The molecule has 0 aromatic heterocycles. The smallest absolute Gasteiger partial charge is 0.0978 e. The average molecular weight is 204 g/mol. The van der Waals surface area contributed by atoms with E-state index in [2.05, 4.69) is 27.7 Å². The van der Waals surface area contributed by atoms with E-state index in [1.54, 1.807) is 0 Å². The molecule has 13 heavy (non-hydrogen) atoms. The molecule has 2 nitrogen and oxygen atoms in total. The lowest BCUT2D eigenvalue weighted by atomic mass is 10.3. The van der Waals surface area contributed by atoms with Gasteiger partial charge in [0.15, 0.2) is 0 Å². The molecule has 0 aromatic rings. The standard InChI is InChI=1S/C10H24O2Si/c1-5-11-8-13(7-10(3)4)9-12-6-2/h10,13H,5-9H2,1-4H3. The van der Waals surface area contributed by atoms with E-state index in [1.165, 1.54) is 6.04 Å². The second-order valence-corrected chi connectivity index (χ2v) is 6.68. The minimum atomic E-state index is -0.771. The van der Waals surface area contributed by atoms with E-state index < -0.39 is 8.80 Å². The lowest BCUT2D eigenvalue weighted by Gasteiger charge is -2.16. The molecule has 0 spiro atoms. The van der Waals surface area contributed by atoms with Crippen LogP contribution >= 0.6 is 0 Å². The van der Waals surface area contributed by atoms with Crippen LogP contribution in [0.5, 0.6) is 0 Å². The molecule has 0 amide bonds. The van der Waals surface area contributed by atoms with Gasteiger partial charge in [-0.05, 0) is 19.8 Å². The Morgan fingerprint density at radius 2 is 1.46 bits per heavy atom. The van der Waals surface area contributed by atoms with Gasteiger partial charge in [-0.15, -0.1) is 0 Å². The van der Waals surface area contributed by atoms with Crippen LogP contribution in [0.15, 0.2) is 0 Å². The molecule has 0 aromatic carbocycles. The van der Waals surface area contributed by atoms with E-state index in [4.69, 9.17) is 9.47 Å². The minimum absolute atomic E-state index is 0.771. The highest BCUT2D eigenvalue weighted by Gasteiger charge is 2.12. The van der Waals surface area contributed by atoms with E-state index in [0.717, 1.165) is 31.6 Å². The quantitative estimate of drug-likeness (QED) is 0.563. The van der Waals surface area contributed by atoms with Crippen molar-refractivity contribution in [2.75, 3.05) is 25.7 Å². The molecule has 0 bridgehead atoms. The van der Waals surface area contributed by atoms with Crippen molar-refractivity contribution in [1.29, 1.82) is 0 Å². The Hall–Kier alpha value is 0.137. The lowest BCUT2D eigenvalue weighted by Crippen LogP contribution is -2.29. The highest BCUT2D eigenvalue weighted by Crippen LogP contribution is 2.06. The summed E-state index contributed by atoms with van der Waals surface area (Å²) in [7, 11) is -0.771. The number of ether oxygens (including phenoxy) is 2. The maximum atomic E-state index is 5.48. The zero-order chi connectivity index (χ0) is 10.1. The normalized spacial score (nSPS) is 11.5. The summed E-state index contributed by atoms with van der Waals surface area (Å²) in [4.78, 5) is 0. The molecule has 0 aliphatic heterocycles. The average Bonchev–Trinajstić information content (AvgIpc) is 2.09. The van der Waals surface area contributed by atoms with Crippen LogP contribution in [0, 0.1) is 5.92 Å². The van der Waals surface area contributed by atoms with Gasteiger partial charge in [-0.3, -0.25) is 0 Å². The molecule has 0 N–H and O–H groups in total. The molecule has 0 aliphatic rings. The van der Waals surface area contributed by atoms with Crippen molar-refractivity contribution in [2.45, 2.75) is 33.7 Å². The van der Waals surface area contributed by atoms with Crippen molar-refractivity contribution in [3.63, 3.8) is 0 Å². The number of rotatable bonds is 8. The van der Waals surface area contributed by atoms with Gasteiger partial charge >= 0.3 is 0 Å². The fourth-order valence-corrected chi connectivity index (χ4v) is 4.26. The highest BCUT2D eigenvalue weighted by molar-refractivity contribution is 6.58. The Labute approximate surface area is 84.2 Å². The first-order valence-corrected chi connectivity index (χ1v) is 7.81. The van der Waals surface area contributed by atoms with Gasteiger partial charge in [0.05, 0.1) is 8.80 Å². The van der Waals surface area contributed by atoms with Gasteiger partial charge in [-0.25, -0.2) is 0 Å². The van der Waals surface area contributed by atoms with Crippen LogP contribution in [0.2, 0.25) is 6.04 Å². The molecule has 0 saturated carbocycles. The van der Waals surface area contributed by atoms with E-state index >= 15 is 0 Å². The van der Waals surface area contributed by atoms with Crippen LogP contribution in [0.4, 0.5) is 0 Å². The van der Waals surface area contributed by atoms with Crippen molar-refractivity contribution in [3.05, 3.63) is 0 Å².